The van der Waals surface area contributed by atoms with Crippen molar-refractivity contribution >= 4 is 5.97 Å². The number of aliphatic hydroxyl groups is 1. The van der Waals surface area contributed by atoms with Crippen molar-refractivity contribution < 1.29 is 14.6 Å². The summed E-state index contributed by atoms with van der Waals surface area (Å²) in [5, 5.41) is 20.9. The minimum Gasteiger partial charge on any atom is -0.458 e. The molecule has 0 radical (unpaired) electrons. The molecule has 4 aliphatic rings. The van der Waals surface area contributed by atoms with Gasteiger partial charge in [-0.3, -0.25) is 4.90 Å². The lowest BCUT2D eigenvalue weighted by atomic mass is 9.45. The number of hydrogen-bond acceptors (Lipinski definition) is 5. The van der Waals surface area contributed by atoms with Gasteiger partial charge in [0.1, 0.15) is 12.2 Å². The molecule has 8 atom stereocenters. The molecule has 0 aromatic carbocycles. The van der Waals surface area contributed by atoms with Crippen LogP contribution < -0.4 is 0 Å². The Kier molecular flexibility index (Phi) is 7.19. The van der Waals surface area contributed by atoms with Gasteiger partial charge in [0.15, 0.2) is 0 Å². The number of fused-ring (bicyclic) bond motifs is 5. The molecule has 0 aromatic rings. The fraction of sp³-hybridized carbons (Fsp3) is 0.929. The van der Waals surface area contributed by atoms with Crippen molar-refractivity contribution in [2.24, 2.45) is 34.5 Å². The lowest BCUT2D eigenvalue weighted by molar-refractivity contribution is -0.192. The summed E-state index contributed by atoms with van der Waals surface area (Å²) in [7, 11) is 0. The SMILES string of the molecule is CCCN(CCC)C(O)(C#N)C(=O)OC1CC[C@H]2[C@@H]3CCC4CCCC[C@]4(C)[C@@H]3CC[C@]12C. The molecular formula is C28H46N2O3. The van der Waals surface area contributed by atoms with Crippen LogP contribution in [0.25, 0.3) is 0 Å². The second-order valence-corrected chi connectivity index (χ2v) is 12.2. The van der Waals surface area contributed by atoms with Gasteiger partial charge in [0.2, 0.25) is 0 Å². The van der Waals surface area contributed by atoms with Crippen LogP contribution in [0.5, 0.6) is 0 Å². The highest BCUT2D eigenvalue weighted by molar-refractivity contribution is 5.82. The van der Waals surface area contributed by atoms with Crippen LogP contribution in [0, 0.1) is 45.8 Å². The molecule has 5 nitrogen and oxygen atoms in total. The number of rotatable bonds is 7. The third kappa shape index (κ3) is 4.04. The van der Waals surface area contributed by atoms with Crippen LogP contribution in [0.3, 0.4) is 0 Å². The number of hydrogen-bond donors (Lipinski definition) is 1. The molecule has 4 saturated carbocycles. The van der Waals surface area contributed by atoms with Crippen LogP contribution in [0.4, 0.5) is 0 Å². The van der Waals surface area contributed by atoms with Crippen LogP contribution in [0.2, 0.25) is 0 Å². The third-order valence-corrected chi connectivity index (χ3v) is 10.6. The fourth-order valence-corrected chi connectivity index (χ4v) is 8.87. The Balaban J connectivity index is 1.50. The van der Waals surface area contributed by atoms with Crippen LogP contribution in [0.1, 0.15) is 105 Å². The minimum atomic E-state index is -2.19. The Morgan fingerprint density at radius 1 is 1.00 bits per heavy atom. The second-order valence-electron chi connectivity index (χ2n) is 12.2. The van der Waals surface area contributed by atoms with E-state index < -0.39 is 11.7 Å². The van der Waals surface area contributed by atoms with Gasteiger partial charge in [0.25, 0.3) is 0 Å². The molecule has 186 valence electrons. The van der Waals surface area contributed by atoms with Gasteiger partial charge in [-0.1, -0.05) is 40.5 Å². The lowest BCUT2D eigenvalue weighted by Crippen LogP contribution is -2.57. The van der Waals surface area contributed by atoms with Gasteiger partial charge in [-0.25, -0.2) is 4.79 Å². The van der Waals surface area contributed by atoms with E-state index in [9.17, 15) is 15.2 Å². The van der Waals surface area contributed by atoms with Crippen molar-refractivity contribution in [3.05, 3.63) is 0 Å². The highest BCUT2D eigenvalue weighted by Gasteiger charge is 2.61. The van der Waals surface area contributed by atoms with Gasteiger partial charge in [0.05, 0.1) is 0 Å². The van der Waals surface area contributed by atoms with Gasteiger partial charge >= 0.3 is 11.7 Å². The van der Waals surface area contributed by atoms with Gasteiger partial charge in [-0.15, -0.1) is 0 Å². The van der Waals surface area contributed by atoms with E-state index >= 15 is 0 Å². The quantitative estimate of drug-likeness (QED) is 0.302. The molecule has 0 bridgehead atoms. The van der Waals surface area contributed by atoms with Gasteiger partial charge < -0.3 is 9.84 Å². The monoisotopic (exact) mass is 458 g/mol. The van der Waals surface area contributed by atoms with Crippen molar-refractivity contribution in [1.82, 2.24) is 4.90 Å². The first-order valence-electron chi connectivity index (χ1n) is 13.8. The summed E-state index contributed by atoms with van der Waals surface area (Å²) >= 11 is 0. The molecule has 0 heterocycles. The number of nitriles is 1. The summed E-state index contributed by atoms with van der Waals surface area (Å²) in [4.78, 5) is 14.8. The Morgan fingerprint density at radius 3 is 2.36 bits per heavy atom. The third-order valence-electron chi connectivity index (χ3n) is 10.6. The summed E-state index contributed by atoms with van der Waals surface area (Å²) in [5.41, 5.74) is -1.73. The zero-order chi connectivity index (χ0) is 23.9. The zero-order valence-corrected chi connectivity index (χ0v) is 21.4. The van der Waals surface area contributed by atoms with E-state index in [0.29, 0.717) is 24.4 Å². The van der Waals surface area contributed by atoms with Crippen LogP contribution in [-0.2, 0) is 9.53 Å². The van der Waals surface area contributed by atoms with Gasteiger partial charge in [-0.2, -0.15) is 5.26 Å². The molecule has 0 aliphatic heterocycles. The van der Waals surface area contributed by atoms with E-state index in [-0.39, 0.29) is 11.5 Å². The molecule has 4 aliphatic carbocycles. The molecule has 0 saturated heterocycles. The van der Waals surface area contributed by atoms with E-state index in [1.807, 2.05) is 19.9 Å². The molecule has 0 aromatic heterocycles. The average Bonchev–Trinajstić information content (AvgIpc) is 3.14. The summed E-state index contributed by atoms with van der Waals surface area (Å²) in [6.45, 7) is 9.91. The van der Waals surface area contributed by atoms with Crippen molar-refractivity contribution in [3.8, 4) is 6.07 Å². The first-order chi connectivity index (χ1) is 15.7. The Bertz CT molecular complexity index is 759. The van der Waals surface area contributed by atoms with Crippen molar-refractivity contribution in [3.63, 3.8) is 0 Å². The predicted molar refractivity (Wildman–Crippen MR) is 129 cm³/mol. The standard InChI is InChI=1S/C28H46N2O3/c1-5-17-30(18-6-2)28(32,19-29)25(31)33-24-13-12-22-21-11-10-20-9-7-8-15-26(20,3)23(21)14-16-27(22,24)4/h20-24,32H,5-18H2,1-4H3/t20?,21-,22-,23+,24?,26-,27-,28?/m0/s1. The maximum absolute atomic E-state index is 13.2. The maximum atomic E-state index is 13.2. The normalized spacial score (nSPS) is 41.9. The second kappa shape index (κ2) is 9.50. The molecule has 4 rings (SSSR count). The summed E-state index contributed by atoms with van der Waals surface area (Å²) < 4.78 is 6.07. The lowest BCUT2D eigenvalue weighted by Gasteiger charge is -2.60. The summed E-state index contributed by atoms with van der Waals surface area (Å²) in [6, 6.07) is 1.89. The molecule has 5 heteroatoms. The van der Waals surface area contributed by atoms with E-state index in [1.165, 1.54) is 44.9 Å². The minimum absolute atomic E-state index is 0.0363. The number of carbonyl (C=O) groups is 1. The largest absolute Gasteiger partial charge is 0.458 e. The molecular weight excluding hydrogens is 412 g/mol. The Morgan fingerprint density at radius 2 is 1.70 bits per heavy atom. The van der Waals surface area contributed by atoms with E-state index in [0.717, 1.165) is 49.9 Å². The van der Waals surface area contributed by atoms with Gasteiger partial charge in [-0.05, 0) is 93.3 Å². The highest BCUT2D eigenvalue weighted by atomic mass is 16.6. The molecule has 1 N–H and O–H groups in total. The van der Waals surface area contributed by atoms with E-state index in [4.69, 9.17) is 4.74 Å². The van der Waals surface area contributed by atoms with Crippen LogP contribution in [0.15, 0.2) is 0 Å². The molecule has 3 unspecified atom stereocenters. The Labute approximate surface area is 201 Å². The van der Waals surface area contributed by atoms with Crippen LogP contribution >= 0.6 is 0 Å². The van der Waals surface area contributed by atoms with Crippen molar-refractivity contribution in [2.75, 3.05) is 13.1 Å². The predicted octanol–water partition coefficient (Wildman–Crippen LogP) is 5.67. The summed E-state index contributed by atoms with van der Waals surface area (Å²) in [6.07, 6.45) is 13.9. The van der Waals surface area contributed by atoms with Gasteiger partial charge in [0, 0.05) is 18.5 Å². The summed E-state index contributed by atoms with van der Waals surface area (Å²) in [5.74, 6) is 2.28. The first-order valence-corrected chi connectivity index (χ1v) is 13.8. The smallest absolute Gasteiger partial charge is 0.370 e. The molecule has 4 fully saturated rings. The zero-order valence-electron chi connectivity index (χ0n) is 21.4. The number of nitrogens with zero attached hydrogens (tertiary/aromatic N) is 2. The van der Waals surface area contributed by atoms with Crippen molar-refractivity contribution in [2.45, 2.75) is 117 Å². The van der Waals surface area contributed by atoms with Crippen molar-refractivity contribution in [1.29, 1.82) is 5.26 Å². The Hall–Kier alpha value is -1.12. The molecule has 33 heavy (non-hydrogen) atoms. The number of ether oxygens (including phenoxy) is 1. The number of carbonyl (C=O) groups excluding carboxylic acids is 1. The average molecular weight is 459 g/mol. The maximum Gasteiger partial charge on any atom is 0.370 e. The topological polar surface area (TPSA) is 73.6 Å². The molecule has 0 spiro atoms. The van der Waals surface area contributed by atoms with Crippen LogP contribution in [-0.4, -0.2) is 40.9 Å². The van der Waals surface area contributed by atoms with E-state index in [1.54, 1.807) is 4.90 Å². The fourth-order valence-electron chi connectivity index (χ4n) is 8.87. The number of esters is 1. The first kappa shape index (κ1) is 25.0. The highest BCUT2D eigenvalue weighted by Crippen LogP contribution is 2.66. The van der Waals surface area contributed by atoms with E-state index in [2.05, 4.69) is 13.8 Å². The molecule has 0 amide bonds.